The second-order valence-electron chi connectivity index (χ2n) is 7.15. The minimum Gasteiger partial charge on any atom is -0.358 e. The minimum absolute atomic E-state index is 0.403. The van der Waals surface area contributed by atoms with Gasteiger partial charge in [0.05, 0.1) is 5.69 Å². The van der Waals surface area contributed by atoms with Crippen LogP contribution in [0.15, 0.2) is 0 Å². The van der Waals surface area contributed by atoms with Crippen LogP contribution >= 0.6 is 11.3 Å². The summed E-state index contributed by atoms with van der Waals surface area (Å²) in [5.74, 6) is 0.891. The Morgan fingerprint density at radius 2 is 2.00 bits per heavy atom. The molecule has 2 aliphatic carbocycles. The Morgan fingerprint density at radius 3 is 2.50 bits per heavy atom. The predicted octanol–water partition coefficient (Wildman–Crippen LogP) is 4.39. The lowest BCUT2D eigenvalue weighted by molar-refractivity contribution is 0.155. The molecule has 3 rings (SSSR count). The lowest BCUT2D eigenvalue weighted by Gasteiger charge is -2.43. The van der Waals surface area contributed by atoms with Crippen LogP contribution in [0, 0.1) is 30.6 Å². The van der Waals surface area contributed by atoms with Crippen molar-refractivity contribution in [2.24, 2.45) is 16.7 Å². The maximum Gasteiger partial charge on any atom is 0.183 e. The Bertz CT molecular complexity index is 453. The molecule has 3 unspecified atom stereocenters. The first-order chi connectivity index (χ1) is 8.33. The van der Waals surface area contributed by atoms with E-state index in [1.807, 2.05) is 0 Å². The summed E-state index contributed by atoms with van der Waals surface area (Å²) in [6.07, 6.45) is 4.18. The van der Waals surface area contributed by atoms with Gasteiger partial charge in [-0.1, -0.05) is 20.8 Å². The molecule has 2 saturated carbocycles. The average molecular weight is 264 g/mol. The fraction of sp³-hybridized carbons (Fsp3) is 0.800. The summed E-state index contributed by atoms with van der Waals surface area (Å²) in [5, 5.41) is 4.89. The van der Waals surface area contributed by atoms with E-state index in [1.54, 1.807) is 11.3 Å². The monoisotopic (exact) mass is 264 g/mol. The van der Waals surface area contributed by atoms with E-state index in [0.29, 0.717) is 16.9 Å². The fourth-order valence-electron chi connectivity index (χ4n) is 4.32. The average Bonchev–Trinajstić information content (AvgIpc) is 2.85. The molecule has 0 radical (unpaired) electrons. The van der Waals surface area contributed by atoms with Crippen molar-refractivity contribution in [2.45, 2.75) is 59.9 Å². The summed E-state index contributed by atoms with van der Waals surface area (Å²) in [6, 6.07) is 0.577. The Kier molecular flexibility index (Phi) is 2.58. The van der Waals surface area contributed by atoms with Crippen molar-refractivity contribution in [1.82, 2.24) is 4.98 Å². The second kappa shape index (κ2) is 3.72. The third kappa shape index (κ3) is 1.63. The van der Waals surface area contributed by atoms with E-state index in [9.17, 15) is 0 Å². The highest BCUT2D eigenvalue weighted by Gasteiger charge is 2.59. The number of aryl methyl sites for hydroxylation is 2. The molecule has 0 saturated heterocycles. The quantitative estimate of drug-likeness (QED) is 0.857. The van der Waals surface area contributed by atoms with Gasteiger partial charge >= 0.3 is 0 Å². The van der Waals surface area contributed by atoms with Gasteiger partial charge in [-0.05, 0) is 49.9 Å². The van der Waals surface area contributed by atoms with Gasteiger partial charge in [0.15, 0.2) is 5.13 Å². The molecule has 1 aromatic heterocycles. The maximum atomic E-state index is 4.66. The molecule has 1 heterocycles. The number of rotatable bonds is 2. The number of thiazole rings is 1. The first-order valence-electron chi connectivity index (χ1n) is 7.03. The second-order valence-corrected chi connectivity index (χ2v) is 8.36. The van der Waals surface area contributed by atoms with Crippen molar-refractivity contribution in [3.8, 4) is 0 Å². The van der Waals surface area contributed by atoms with Crippen LogP contribution < -0.4 is 5.32 Å². The maximum absolute atomic E-state index is 4.66. The van der Waals surface area contributed by atoms with Crippen LogP contribution in [-0.4, -0.2) is 11.0 Å². The number of aromatic nitrogens is 1. The van der Waals surface area contributed by atoms with E-state index in [1.165, 1.54) is 29.8 Å². The molecule has 2 aliphatic rings. The van der Waals surface area contributed by atoms with Crippen molar-refractivity contribution in [2.75, 3.05) is 5.32 Å². The molecule has 1 N–H and O–H groups in total. The van der Waals surface area contributed by atoms with Crippen LogP contribution in [0.4, 0.5) is 5.13 Å². The van der Waals surface area contributed by atoms with E-state index in [2.05, 4.69) is 44.9 Å². The molecule has 18 heavy (non-hydrogen) atoms. The van der Waals surface area contributed by atoms with E-state index in [-0.39, 0.29) is 0 Å². The lowest BCUT2D eigenvalue weighted by Crippen LogP contribution is -2.45. The van der Waals surface area contributed by atoms with E-state index in [0.717, 1.165) is 11.0 Å². The van der Waals surface area contributed by atoms with E-state index in [4.69, 9.17) is 0 Å². The van der Waals surface area contributed by atoms with Crippen LogP contribution in [0.3, 0.4) is 0 Å². The summed E-state index contributed by atoms with van der Waals surface area (Å²) in [6.45, 7) is 11.6. The SMILES string of the molecule is Cc1nc(NC2C3(C)CCC(C3)C2(C)C)sc1C. The van der Waals surface area contributed by atoms with Gasteiger partial charge in [-0.25, -0.2) is 4.98 Å². The number of fused-ring (bicyclic) bond motifs is 2. The van der Waals surface area contributed by atoms with Gasteiger partial charge in [0.1, 0.15) is 0 Å². The molecule has 3 heteroatoms. The van der Waals surface area contributed by atoms with Crippen molar-refractivity contribution < 1.29 is 0 Å². The van der Waals surface area contributed by atoms with Gasteiger partial charge in [-0.2, -0.15) is 0 Å². The summed E-state index contributed by atoms with van der Waals surface area (Å²) >= 11 is 1.81. The molecule has 0 aromatic carbocycles. The largest absolute Gasteiger partial charge is 0.358 e. The van der Waals surface area contributed by atoms with Crippen molar-refractivity contribution in [3.05, 3.63) is 10.6 Å². The highest BCUT2D eigenvalue weighted by Crippen LogP contribution is 2.63. The van der Waals surface area contributed by atoms with Gasteiger partial charge in [-0.15, -0.1) is 11.3 Å². The summed E-state index contributed by atoms with van der Waals surface area (Å²) in [7, 11) is 0. The number of anilines is 1. The zero-order valence-corrected chi connectivity index (χ0v) is 12.9. The van der Waals surface area contributed by atoms with Crippen LogP contribution in [0.25, 0.3) is 0 Å². The molecule has 0 aliphatic heterocycles. The molecule has 3 atom stereocenters. The molecule has 2 nitrogen and oxygen atoms in total. The number of hydrogen-bond donors (Lipinski definition) is 1. The van der Waals surface area contributed by atoms with Gasteiger partial charge in [0, 0.05) is 10.9 Å². The van der Waals surface area contributed by atoms with Gasteiger partial charge in [0.2, 0.25) is 0 Å². The Hall–Kier alpha value is -0.570. The highest BCUT2D eigenvalue weighted by molar-refractivity contribution is 7.15. The normalized spacial score (nSPS) is 37.2. The molecule has 1 aromatic rings. The van der Waals surface area contributed by atoms with Crippen LogP contribution in [-0.2, 0) is 0 Å². The number of nitrogens with zero attached hydrogens (tertiary/aromatic N) is 1. The van der Waals surface area contributed by atoms with Gasteiger partial charge < -0.3 is 5.32 Å². The molecular weight excluding hydrogens is 240 g/mol. The summed E-state index contributed by atoms with van der Waals surface area (Å²) in [5.41, 5.74) is 2.05. The van der Waals surface area contributed by atoms with E-state index >= 15 is 0 Å². The smallest absolute Gasteiger partial charge is 0.183 e. The van der Waals surface area contributed by atoms with Gasteiger partial charge in [-0.3, -0.25) is 0 Å². The molecule has 2 bridgehead atoms. The third-order valence-corrected chi connectivity index (χ3v) is 6.57. The number of hydrogen-bond acceptors (Lipinski definition) is 3. The first-order valence-corrected chi connectivity index (χ1v) is 7.85. The summed E-state index contributed by atoms with van der Waals surface area (Å²) < 4.78 is 0. The molecule has 2 fully saturated rings. The zero-order valence-electron chi connectivity index (χ0n) is 12.1. The van der Waals surface area contributed by atoms with Crippen molar-refractivity contribution >= 4 is 16.5 Å². The lowest BCUT2D eigenvalue weighted by atomic mass is 9.68. The van der Waals surface area contributed by atoms with Crippen LogP contribution in [0.5, 0.6) is 0 Å². The standard InChI is InChI=1S/C15H24N2S/c1-9-10(2)18-13(16-9)17-12-14(3,4)11-6-7-15(12,5)8-11/h11-12H,6-8H2,1-5H3,(H,16,17). The predicted molar refractivity (Wildman–Crippen MR) is 78.2 cm³/mol. The minimum atomic E-state index is 0.403. The Balaban J connectivity index is 1.88. The molecule has 0 amide bonds. The zero-order chi connectivity index (χ0) is 13.1. The van der Waals surface area contributed by atoms with Crippen LogP contribution in [0.2, 0.25) is 0 Å². The third-order valence-electron chi connectivity index (χ3n) is 5.57. The van der Waals surface area contributed by atoms with Crippen molar-refractivity contribution in [3.63, 3.8) is 0 Å². The van der Waals surface area contributed by atoms with Gasteiger partial charge in [0.25, 0.3) is 0 Å². The topological polar surface area (TPSA) is 24.9 Å². The van der Waals surface area contributed by atoms with Crippen molar-refractivity contribution in [1.29, 1.82) is 0 Å². The summed E-state index contributed by atoms with van der Waals surface area (Å²) in [4.78, 5) is 6.00. The molecular formula is C15H24N2S. The Labute approximate surface area is 114 Å². The molecule has 0 spiro atoms. The molecule has 100 valence electrons. The first kappa shape index (κ1) is 12.5. The van der Waals surface area contributed by atoms with Crippen LogP contribution in [0.1, 0.15) is 50.6 Å². The number of nitrogens with one attached hydrogen (secondary N) is 1. The Morgan fingerprint density at radius 1 is 1.28 bits per heavy atom. The highest BCUT2D eigenvalue weighted by atomic mass is 32.1. The van der Waals surface area contributed by atoms with E-state index < -0.39 is 0 Å². The fourth-order valence-corrected chi connectivity index (χ4v) is 5.16.